The fraction of sp³-hybridized carbons (Fsp3) is 0.727. The third-order valence-corrected chi connectivity index (χ3v) is 3.49. The van der Waals surface area contributed by atoms with Crippen LogP contribution in [0.1, 0.15) is 19.3 Å². The monoisotopic (exact) mass is 321 g/mol. The minimum Gasteiger partial charge on any atom is -0.480 e. The number of aliphatic imine (C=N–C) groups is 1. The number of nitrogens with two attached hydrogens (primary N) is 3. The summed E-state index contributed by atoms with van der Waals surface area (Å²) in [6.07, 6.45) is 1.92. The molecule has 2 atom stereocenters. The fourth-order valence-corrected chi connectivity index (χ4v) is 2.29. The van der Waals surface area contributed by atoms with Gasteiger partial charge in [-0.15, -0.1) is 11.8 Å². The molecule has 1 saturated heterocycles. The van der Waals surface area contributed by atoms with Crippen molar-refractivity contribution >= 4 is 29.7 Å². The first kappa shape index (κ1) is 19.5. The molecule has 0 bridgehead atoms. The topological polar surface area (TPSA) is 177 Å². The molecule has 1 aliphatic rings. The summed E-state index contributed by atoms with van der Waals surface area (Å²) in [6.45, 7) is 0.522. The maximum Gasteiger partial charge on any atom is 0.321 e. The molecule has 122 valence electrons. The van der Waals surface area contributed by atoms with E-state index in [1.807, 2.05) is 0 Å². The third kappa shape index (κ3) is 10.9. The van der Waals surface area contributed by atoms with Gasteiger partial charge in [-0.25, -0.2) is 0 Å². The van der Waals surface area contributed by atoms with E-state index in [0.29, 0.717) is 25.1 Å². The number of nitrogens with zero attached hydrogens (tertiary/aromatic N) is 1. The van der Waals surface area contributed by atoms with Crippen LogP contribution in [0.4, 0.5) is 0 Å². The lowest BCUT2D eigenvalue weighted by atomic mass is 10.1. The normalized spacial score (nSPS) is 18.2. The molecule has 0 aliphatic carbocycles. The van der Waals surface area contributed by atoms with Gasteiger partial charge in [0.2, 0.25) is 0 Å². The quantitative estimate of drug-likeness (QED) is 0.186. The highest BCUT2D eigenvalue weighted by Crippen LogP contribution is 2.08. The van der Waals surface area contributed by atoms with Crippen molar-refractivity contribution in [3.05, 3.63) is 0 Å². The summed E-state index contributed by atoms with van der Waals surface area (Å²) in [5.41, 5.74) is 15.5. The maximum atomic E-state index is 10.3. The van der Waals surface area contributed by atoms with Crippen LogP contribution < -0.4 is 22.5 Å². The lowest BCUT2D eigenvalue weighted by Crippen LogP contribution is -2.32. The second kappa shape index (κ2) is 11.2. The summed E-state index contributed by atoms with van der Waals surface area (Å²) < 4.78 is 0. The number of hydrogen-bond donors (Lipinski definition) is 6. The van der Waals surface area contributed by atoms with E-state index in [1.54, 1.807) is 11.8 Å². The minimum absolute atomic E-state index is 0.0579. The molecule has 1 fully saturated rings. The minimum atomic E-state index is -0.971. The van der Waals surface area contributed by atoms with Crippen molar-refractivity contribution in [1.29, 1.82) is 0 Å². The molecule has 1 aliphatic heterocycles. The largest absolute Gasteiger partial charge is 0.480 e. The first-order chi connectivity index (χ1) is 9.84. The second-order valence-corrected chi connectivity index (χ2v) is 5.39. The van der Waals surface area contributed by atoms with Crippen LogP contribution >= 0.6 is 11.8 Å². The molecule has 0 aromatic heterocycles. The van der Waals surface area contributed by atoms with Crippen molar-refractivity contribution in [1.82, 2.24) is 5.32 Å². The number of guanidine groups is 1. The molecule has 21 heavy (non-hydrogen) atoms. The molecule has 0 aromatic rings. The van der Waals surface area contributed by atoms with Crippen molar-refractivity contribution < 1.29 is 19.8 Å². The number of nitrogens with one attached hydrogen (secondary N) is 1. The van der Waals surface area contributed by atoms with Crippen molar-refractivity contribution in [3.8, 4) is 0 Å². The van der Waals surface area contributed by atoms with E-state index >= 15 is 0 Å². The highest BCUT2D eigenvalue weighted by Gasteiger charge is 2.20. The SMILES string of the molecule is NC(N)=NCCCC[C@H](N)C(=O)O.O=C(O)[C@@H]1CSCN1. The van der Waals surface area contributed by atoms with Crippen LogP contribution in [0.5, 0.6) is 0 Å². The first-order valence-electron chi connectivity index (χ1n) is 6.42. The number of thioether (sulfide) groups is 1. The second-order valence-electron chi connectivity index (χ2n) is 4.36. The van der Waals surface area contributed by atoms with Crippen molar-refractivity contribution in [2.45, 2.75) is 31.3 Å². The number of carboxylic acids is 2. The van der Waals surface area contributed by atoms with Crippen LogP contribution in [0.15, 0.2) is 4.99 Å². The molecule has 0 saturated carbocycles. The molecule has 10 heteroatoms. The smallest absolute Gasteiger partial charge is 0.321 e. The van der Waals surface area contributed by atoms with Crippen LogP contribution in [-0.4, -0.2) is 58.4 Å². The van der Waals surface area contributed by atoms with Crippen molar-refractivity contribution in [3.63, 3.8) is 0 Å². The zero-order valence-electron chi connectivity index (χ0n) is 11.7. The molecule has 0 unspecified atom stereocenters. The van der Waals surface area contributed by atoms with Gasteiger partial charge in [-0.3, -0.25) is 19.9 Å². The number of rotatable bonds is 7. The summed E-state index contributed by atoms with van der Waals surface area (Å²) in [7, 11) is 0. The number of carboxylic acid groups (broad SMARTS) is 2. The van der Waals surface area contributed by atoms with Crippen LogP contribution in [0.2, 0.25) is 0 Å². The Morgan fingerprint density at radius 1 is 1.33 bits per heavy atom. The van der Waals surface area contributed by atoms with Gasteiger partial charge in [0.05, 0.1) is 0 Å². The number of carbonyl (C=O) groups is 2. The zero-order valence-corrected chi connectivity index (χ0v) is 12.5. The standard InChI is InChI=1S/C7H16N4O2.C4H7NO2S/c8-5(6(12)13)3-1-2-4-11-7(9)10;6-4(7)3-1-8-2-5-3/h5H,1-4,8H2,(H,12,13)(H4,9,10,11);3,5H,1-2H2,(H,6,7)/t5-;3-/m00/s1. The molecule has 0 spiro atoms. The summed E-state index contributed by atoms with van der Waals surface area (Å²) in [5, 5.41) is 19.6. The molecular weight excluding hydrogens is 298 g/mol. The predicted octanol–water partition coefficient (Wildman–Crippen LogP) is -1.42. The Labute approximate surface area is 127 Å². The molecule has 0 amide bonds. The van der Waals surface area contributed by atoms with Gasteiger partial charge in [0.25, 0.3) is 0 Å². The van der Waals surface area contributed by atoms with Crippen LogP contribution in [0, 0.1) is 0 Å². The molecule has 0 radical (unpaired) electrons. The van der Waals surface area contributed by atoms with Crippen LogP contribution in [0.3, 0.4) is 0 Å². The van der Waals surface area contributed by atoms with Crippen molar-refractivity contribution in [2.24, 2.45) is 22.2 Å². The van der Waals surface area contributed by atoms with Gasteiger partial charge in [0.1, 0.15) is 12.1 Å². The van der Waals surface area contributed by atoms with E-state index in [1.165, 1.54) is 0 Å². The van der Waals surface area contributed by atoms with E-state index in [9.17, 15) is 9.59 Å². The molecular formula is C11H23N5O4S. The third-order valence-electron chi connectivity index (χ3n) is 2.55. The summed E-state index contributed by atoms with van der Waals surface area (Å²) in [6, 6.07) is -1.08. The predicted molar refractivity (Wildman–Crippen MR) is 82.0 cm³/mol. The van der Waals surface area contributed by atoms with E-state index in [4.69, 9.17) is 27.4 Å². The average Bonchev–Trinajstić information content (AvgIpc) is 2.92. The Hall–Kier alpha value is -1.52. The highest BCUT2D eigenvalue weighted by atomic mass is 32.2. The van der Waals surface area contributed by atoms with Crippen LogP contribution in [-0.2, 0) is 9.59 Å². The Morgan fingerprint density at radius 2 is 2.00 bits per heavy atom. The molecule has 9 N–H and O–H groups in total. The lowest BCUT2D eigenvalue weighted by molar-refractivity contribution is -0.139. The summed E-state index contributed by atoms with van der Waals surface area (Å²) in [4.78, 5) is 24.2. The van der Waals surface area contributed by atoms with Gasteiger partial charge in [-0.05, 0) is 19.3 Å². The first-order valence-corrected chi connectivity index (χ1v) is 7.57. The van der Waals surface area contributed by atoms with Gasteiger partial charge < -0.3 is 27.4 Å². The van der Waals surface area contributed by atoms with Gasteiger partial charge in [-0.1, -0.05) is 0 Å². The average molecular weight is 321 g/mol. The molecule has 9 nitrogen and oxygen atoms in total. The van der Waals surface area contributed by atoms with Crippen LogP contribution in [0.25, 0.3) is 0 Å². The Bertz CT molecular complexity index is 357. The Morgan fingerprint density at radius 3 is 2.38 bits per heavy atom. The summed E-state index contributed by atoms with van der Waals surface area (Å²) >= 11 is 1.62. The van der Waals surface area contributed by atoms with Gasteiger partial charge in [-0.2, -0.15) is 0 Å². The van der Waals surface area contributed by atoms with Gasteiger partial charge >= 0.3 is 11.9 Å². The highest BCUT2D eigenvalue weighted by molar-refractivity contribution is 7.99. The van der Waals surface area contributed by atoms with Crippen molar-refractivity contribution in [2.75, 3.05) is 18.2 Å². The number of aliphatic carboxylic acids is 2. The van der Waals surface area contributed by atoms with E-state index in [-0.39, 0.29) is 12.0 Å². The maximum absolute atomic E-state index is 10.3. The van der Waals surface area contributed by atoms with E-state index in [2.05, 4.69) is 10.3 Å². The number of unbranched alkanes of at least 4 members (excludes halogenated alkanes) is 1. The number of hydrogen-bond acceptors (Lipinski definition) is 6. The fourth-order valence-electron chi connectivity index (χ4n) is 1.36. The molecule has 1 rings (SSSR count). The van der Waals surface area contributed by atoms with E-state index < -0.39 is 18.0 Å². The summed E-state index contributed by atoms with van der Waals surface area (Å²) in [5.74, 6) is -0.175. The molecule has 1 heterocycles. The van der Waals surface area contributed by atoms with Gasteiger partial charge in [0, 0.05) is 18.2 Å². The molecule has 0 aromatic carbocycles. The Balaban J connectivity index is 0.000000423. The Kier molecular flexibility index (Phi) is 10.4. The lowest BCUT2D eigenvalue weighted by Gasteiger charge is -2.04. The van der Waals surface area contributed by atoms with E-state index in [0.717, 1.165) is 12.3 Å². The van der Waals surface area contributed by atoms with Gasteiger partial charge in [0.15, 0.2) is 5.96 Å². The zero-order chi connectivity index (χ0) is 16.3.